The van der Waals surface area contributed by atoms with E-state index in [0.29, 0.717) is 0 Å². The summed E-state index contributed by atoms with van der Waals surface area (Å²) in [6, 6.07) is 0.191. The summed E-state index contributed by atoms with van der Waals surface area (Å²) in [5.74, 6) is 2.66. The van der Waals surface area contributed by atoms with Crippen molar-refractivity contribution < 1.29 is 0 Å². The third-order valence-corrected chi connectivity index (χ3v) is 3.43. The normalized spacial score (nSPS) is 20.7. The largest absolute Gasteiger partial charge is 0.326 e. The molecular formula is C12H22N2. The van der Waals surface area contributed by atoms with Crippen LogP contribution in [0.3, 0.4) is 0 Å². The minimum absolute atomic E-state index is 0.105. The molecule has 1 rings (SSSR count). The molecule has 0 saturated carbocycles. The van der Waals surface area contributed by atoms with E-state index in [2.05, 4.69) is 24.7 Å². The predicted octanol–water partition coefficient (Wildman–Crippen LogP) is 1.60. The van der Waals surface area contributed by atoms with Crippen LogP contribution < -0.4 is 5.73 Å². The van der Waals surface area contributed by atoms with Gasteiger partial charge in [-0.2, -0.15) is 0 Å². The third kappa shape index (κ3) is 2.50. The molecule has 0 aromatic rings. The fourth-order valence-electron chi connectivity index (χ4n) is 2.12. The summed E-state index contributed by atoms with van der Waals surface area (Å²) < 4.78 is 0. The van der Waals surface area contributed by atoms with Crippen LogP contribution in [0, 0.1) is 12.3 Å². The van der Waals surface area contributed by atoms with Crippen molar-refractivity contribution in [1.82, 2.24) is 4.90 Å². The van der Waals surface area contributed by atoms with Crippen molar-refractivity contribution in [3.05, 3.63) is 0 Å². The number of likely N-dealkylation sites (tertiary alicyclic amines) is 1. The number of hydrogen-bond acceptors (Lipinski definition) is 2. The quantitative estimate of drug-likeness (QED) is 0.689. The van der Waals surface area contributed by atoms with Crippen molar-refractivity contribution in [1.29, 1.82) is 0 Å². The van der Waals surface area contributed by atoms with E-state index in [1.165, 1.54) is 25.9 Å². The van der Waals surface area contributed by atoms with Gasteiger partial charge in [0.05, 0.1) is 0 Å². The van der Waals surface area contributed by atoms with Gasteiger partial charge in [0.25, 0.3) is 0 Å². The second-order valence-corrected chi connectivity index (χ2v) is 4.70. The predicted molar refractivity (Wildman–Crippen MR) is 60.9 cm³/mol. The molecular weight excluding hydrogens is 172 g/mol. The first-order chi connectivity index (χ1) is 6.59. The molecule has 0 amide bonds. The topological polar surface area (TPSA) is 29.3 Å². The first-order valence-electron chi connectivity index (χ1n) is 5.53. The molecule has 1 heterocycles. The first-order valence-corrected chi connectivity index (χ1v) is 5.53. The molecule has 1 aliphatic rings. The molecule has 14 heavy (non-hydrogen) atoms. The van der Waals surface area contributed by atoms with Gasteiger partial charge in [0.15, 0.2) is 0 Å². The van der Waals surface area contributed by atoms with Crippen LogP contribution in [0.15, 0.2) is 0 Å². The van der Waals surface area contributed by atoms with Gasteiger partial charge in [0.1, 0.15) is 0 Å². The Balaban J connectivity index is 2.49. The van der Waals surface area contributed by atoms with E-state index in [1.54, 1.807) is 0 Å². The van der Waals surface area contributed by atoms with Gasteiger partial charge in [0.2, 0.25) is 0 Å². The summed E-state index contributed by atoms with van der Waals surface area (Å²) in [6.45, 7) is 6.85. The smallest absolute Gasteiger partial charge is 0.0304 e. The standard InChI is InChI=1S/C12H22N2/c1-4-5-8-11(13)12(2,3)14-9-6-7-10-14/h1,11H,5-10,13H2,2-3H3. The van der Waals surface area contributed by atoms with Crippen molar-refractivity contribution in [2.24, 2.45) is 5.73 Å². The highest BCUT2D eigenvalue weighted by molar-refractivity contribution is 4.96. The molecule has 1 atom stereocenters. The summed E-state index contributed by atoms with van der Waals surface area (Å²) in [5.41, 5.74) is 6.28. The van der Waals surface area contributed by atoms with Gasteiger partial charge in [-0.05, 0) is 46.2 Å². The van der Waals surface area contributed by atoms with Gasteiger partial charge < -0.3 is 5.73 Å². The maximum Gasteiger partial charge on any atom is 0.0304 e. The molecule has 0 bridgehead atoms. The third-order valence-electron chi connectivity index (χ3n) is 3.43. The summed E-state index contributed by atoms with van der Waals surface area (Å²) in [5, 5.41) is 0. The lowest BCUT2D eigenvalue weighted by molar-refractivity contribution is 0.120. The zero-order valence-corrected chi connectivity index (χ0v) is 9.42. The molecule has 0 radical (unpaired) electrons. The van der Waals surface area contributed by atoms with Crippen molar-refractivity contribution in [2.75, 3.05) is 13.1 Å². The van der Waals surface area contributed by atoms with E-state index in [0.717, 1.165) is 12.8 Å². The number of nitrogens with two attached hydrogens (primary N) is 1. The van der Waals surface area contributed by atoms with E-state index < -0.39 is 0 Å². The molecule has 1 aliphatic heterocycles. The Morgan fingerprint density at radius 3 is 2.50 bits per heavy atom. The molecule has 80 valence electrons. The zero-order chi connectivity index (χ0) is 10.6. The summed E-state index contributed by atoms with van der Waals surface area (Å²) in [7, 11) is 0. The molecule has 0 spiro atoms. The number of rotatable bonds is 4. The highest BCUT2D eigenvalue weighted by Gasteiger charge is 2.33. The average molecular weight is 194 g/mol. The Hall–Kier alpha value is -0.520. The van der Waals surface area contributed by atoms with E-state index in [-0.39, 0.29) is 11.6 Å². The van der Waals surface area contributed by atoms with Gasteiger partial charge in [-0.25, -0.2) is 0 Å². The summed E-state index contributed by atoms with van der Waals surface area (Å²) in [6.07, 6.45) is 9.60. The highest BCUT2D eigenvalue weighted by atomic mass is 15.2. The SMILES string of the molecule is C#CCCC(N)C(C)(C)N1CCCC1. The molecule has 0 aliphatic carbocycles. The van der Waals surface area contributed by atoms with Crippen LogP contribution in [0.1, 0.15) is 39.5 Å². The molecule has 2 N–H and O–H groups in total. The second kappa shape index (κ2) is 4.82. The van der Waals surface area contributed by atoms with Gasteiger partial charge in [-0.15, -0.1) is 12.3 Å². The number of hydrogen-bond donors (Lipinski definition) is 1. The Labute approximate surface area is 87.8 Å². The molecule has 2 nitrogen and oxygen atoms in total. The van der Waals surface area contributed by atoms with Crippen molar-refractivity contribution in [3.8, 4) is 12.3 Å². The molecule has 0 aromatic carbocycles. The molecule has 1 saturated heterocycles. The minimum atomic E-state index is 0.105. The van der Waals surface area contributed by atoms with Crippen LogP contribution in [-0.2, 0) is 0 Å². The fraction of sp³-hybridized carbons (Fsp3) is 0.833. The fourth-order valence-corrected chi connectivity index (χ4v) is 2.12. The molecule has 1 unspecified atom stereocenters. The van der Waals surface area contributed by atoms with Gasteiger partial charge in [-0.3, -0.25) is 4.90 Å². The van der Waals surface area contributed by atoms with Crippen molar-refractivity contribution in [3.63, 3.8) is 0 Å². The number of nitrogens with zero attached hydrogens (tertiary/aromatic N) is 1. The van der Waals surface area contributed by atoms with Crippen LogP contribution in [0.4, 0.5) is 0 Å². The van der Waals surface area contributed by atoms with Crippen molar-refractivity contribution >= 4 is 0 Å². The lowest BCUT2D eigenvalue weighted by Crippen LogP contribution is -2.54. The van der Waals surface area contributed by atoms with Crippen LogP contribution in [0.25, 0.3) is 0 Å². The second-order valence-electron chi connectivity index (χ2n) is 4.70. The van der Waals surface area contributed by atoms with Gasteiger partial charge in [0, 0.05) is 18.0 Å². The summed E-state index contributed by atoms with van der Waals surface area (Å²) in [4.78, 5) is 2.49. The van der Waals surface area contributed by atoms with Gasteiger partial charge in [-0.1, -0.05) is 0 Å². The van der Waals surface area contributed by atoms with E-state index in [4.69, 9.17) is 12.2 Å². The monoisotopic (exact) mass is 194 g/mol. The van der Waals surface area contributed by atoms with Gasteiger partial charge >= 0.3 is 0 Å². The van der Waals surface area contributed by atoms with Crippen LogP contribution >= 0.6 is 0 Å². The first kappa shape index (κ1) is 11.6. The van der Waals surface area contributed by atoms with Crippen LogP contribution in [0.2, 0.25) is 0 Å². The summed E-state index contributed by atoms with van der Waals surface area (Å²) >= 11 is 0. The van der Waals surface area contributed by atoms with Crippen LogP contribution in [-0.4, -0.2) is 29.6 Å². The van der Waals surface area contributed by atoms with E-state index >= 15 is 0 Å². The Morgan fingerprint density at radius 2 is 2.00 bits per heavy atom. The Bertz CT molecular complexity index is 209. The maximum absolute atomic E-state index is 6.18. The average Bonchev–Trinajstić information content (AvgIpc) is 2.67. The Kier molecular flexibility index (Phi) is 3.97. The van der Waals surface area contributed by atoms with Crippen LogP contribution in [0.5, 0.6) is 0 Å². The Morgan fingerprint density at radius 1 is 1.43 bits per heavy atom. The zero-order valence-electron chi connectivity index (χ0n) is 9.42. The minimum Gasteiger partial charge on any atom is -0.326 e. The lowest BCUT2D eigenvalue weighted by Gasteiger charge is -2.40. The molecule has 0 aromatic heterocycles. The van der Waals surface area contributed by atoms with Crippen molar-refractivity contribution in [2.45, 2.75) is 51.1 Å². The van der Waals surface area contributed by atoms with E-state index in [9.17, 15) is 0 Å². The molecule has 2 heteroatoms. The van der Waals surface area contributed by atoms with E-state index in [1.807, 2.05) is 0 Å². The lowest BCUT2D eigenvalue weighted by atomic mass is 9.90. The highest BCUT2D eigenvalue weighted by Crippen LogP contribution is 2.25. The molecule has 1 fully saturated rings. The maximum atomic E-state index is 6.18. The number of terminal acetylenes is 1.